The summed E-state index contributed by atoms with van der Waals surface area (Å²) in [6.45, 7) is 4.13. The molecule has 0 aromatic heterocycles. The summed E-state index contributed by atoms with van der Waals surface area (Å²) in [7, 11) is 0. The lowest BCUT2D eigenvalue weighted by Gasteiger charge is -2.22. The molecule has 0 saturated carbocycles. The molecule has 174 valence electrons. The average molecular weight is 471 g/mol. The minimum Gasteiger partial charge on any atom is -0.206 e. The fourth-order valence-corrected chi connectivity index (χ4v) is 5.47. The zero-order chi connectivity index (χ0) is 24.8. The van der Waals surface area contributed by atoms with Crippen molar-refractivity contribution < 1.29 is 8.78 Å². The second-order valence-electron chi connectivity index (χ2n) is 9.25. The largest absolute Gasteiger partial charge is 0.206 e. The molecule has 0 spiro atoms. The molecule has 6 aromatic rings. The summed E-state index contributed by atoms with van der Waals surface area (Å²) in [5.41, 5.74) is 6.98. The third kappa shape index (κ3) is 3.49. The van der Waals surface area contributed by atoms with Gasteiger partial charge in [0, 0.05) is 11.1 Å². The molecule has 36 heavy (non-hydrogen) atoms. The maximum absolute atomic E-state index is 15.0. The molecule has 0 unspecified atom stereocenters. The smallest absolute Gasteiger partial charge is 0.131 e. The van der Waals surface area contributed by atoms with E-state index in [1.54, 1.807) is 12.1 Å². The highest BCUT2D eigenvalue weighted by Crippen LogP contribution is 2.45. The molecular formula is C34H24F2. The van der Waals surface area contributed by atoms with Crippen LogP contribution in [0.25, 0.3) is 54.9 Å². The van der Waals surface area contributed by atoms with Gasteiger partial charge >= 0.3 is 0 Å². The maximum atomic E-state index is 15.0. The second-order valence-corrected chi connectivity index (χ2v) is 9.25. The predicted molar refractivity (Wildman–Crippen MR) is 147 cm³/mol. The Morgan fingerprint density at radius 1 is 0.417 bits per heavy atom. The number of halogens is 2. The van der Waals surface area contributed by atoms with Crippen molar-refractivity contribution in [2.75, 3.05) is 0 Å². The Balaban J connectivity index is 1.79. The van der Waals surface area contributed by atoms with Crippen LogP contribution in [0.15, 0.2) is 109 Å². The van der Waals surface area contributed by atoms with Crippen LogP contribution >= 0.6 is 0 Å². The summed E-state index contributed by atoms with van der Waals surface area (Å²) in [5, 5.41) is 4.26. The Bertz CT molecular complexity index is 1650. The Morgan fingerprint density at radius 3 is 1.19 bits per heavy atom. The molecular weight excluding hydrogens is 446 g/mol. The van der Waals surface area contributed by atoms with Gasteiger partial charge in [0.1, 0.15) is 11.6 Å². The van der Waals surface area contributed by atoms with Crippen molar-refractivity contribution in [1.29, 1.82) is 0 Å². The normalized spacial score (nSPS) is 11.3. The lowest BCUT2D eigenvalue weighted by atomic mass is 9.82. The molecule has 0 saturated heterocycles. The van der Waals surface area contributed by atoms with Crippen LogP contribution < -0.4 is 0 Å². The van der Waals surface area contributed by atoms with Crippen molar-refractivity contribution >= 4 is 21.5 Å². The predicted octanol–water partition coefficient (Wildman–Crippen LogP) is 9.89. The first-order valence-electron chi connectivity index (χ1n) is 12.1. The van der Waals surface area contributed by atoms with Gasteiger partial charge < -0.3 is 0 Å². The monoisotopic (exact) mass is 470 g/mol. The number of hydrogen-bond donors (Lipinski definition) is 0. The summed E-state index contributed by atoms with van der Waals surface area (Å²) < 4.78 is 30.0. The van der Waals surface area contributed by atoms with E-state index in [1.165, 1.54) is 12.1 Å². The third-order valence-corrected chi connectivity index (χ3v) is 7.20. The summed E-state index contributed by atoms with van der Waals surface area (Å²) >= 11 is 0. The first kappa shape index (κ1) is 22.2. The van der Waals surface area contributed by atoms with Crippen LogP contribution in [0.1, 0.15) is 11.1 Å². The van der Waals surface area contributed by atoms with Crippen LogP contribution in [-0.2, 0) is 0 Å². The molecule has 0 bridgehead atoms. The standard InChI is InChI=1S/C34H24F2/c1-21-29(27-15-7-9-17-31(27)35)19-23-11-3-5-13-25(23)33(21)34-22(2)30(28-16-8-10-18-32(28)36)20-24-12-4-6-14-26(24)34/h3-20H,1-2H3. The van der Waals surface area contributed by atoms with Crippen molar-refractivity contribution in [2.45, 2.75) is 13.8 Å². The highest BCUT2D eigenvalue weighted by atomic mass is 19.1. The first-order chi connectivity index (χ1) is 17.5. The van der Waals surface area contributed by atoms with Gasteiger partial charge in [-0.05, 0) is 93.0 Å². The van der Waals surface area contributed by atoms with Crippen LogP contribution in [0, 0.1) is 25.5 Å². The summed E-state index contributed by atoms with van der Waals surface area (Å²) in [4.78, 5) is 0. The molecule has 0 amide bonds. The minimum atomic E-state index is -0.247. The Labute approximate surface area is 209 Å². The van der Waals surface area contributed by atoms with Gasteiger partial charge in [-0.2, -0.15) is 0 Å². The van der Waals surface area contributed by atoms with Crippen LogP contribution in [0.3, 0.4) is 0 Å². The van der Waals surface area contributed by atoms with E-state index >= 15 is 8.78 Å². The zero-order valence-corrected chi connectivity index (χ0v) is 20.1. The summed E-state index contributed by atoms with van der Waals surface area (Å²) in [6, 6.07) is 34.4. The zero-order valence-electron chi connectivity index (χ0n) is 20.1. The van der Waals surface area contributed by atoms with Crippen LogP contribution in [0.5, 0.6) is 0 Å². The fourth-order valence-electron chi connectivity index (χ4n) is 5.47. The van der Waals surface area contributed by atoms with E-state index < -0.39 is 0 Å². The van der Waals surface area contributed by atoms with Crippen molar-refractivity contribution in [3.8, 4) is 33.4 Å². The Kier molecular flexibility index (Phi) is 5.38. The van der Waals surface area contributed by atoms with Gasteiger partial charge in [0.05, 0.1) is 0 Å². The van der Waals surface area contributed by atoms with Gasteiger partial charge in [0.2, 0.25) is 0 Å². The van der Waals surface area contributed by atoms with E-state index in [1.807, 2.05) is 48.5 Å². The molecule has 0 radical (unpaired) electrons. The average Bonchev–Trinajstić information content (AvgIpc) is 2.90. The topological polar surface area (TPSA) is 0 Å². The quantitative estimate of drug-likeness (QED) is 0.241. The molecule has 0 aliphatic heterocycles. The molecule has 0 N–H and O–H groups in total. The van der Waals surface area contributed by atoms with Gasteiger partial charge in [-0.25, -0.2) is 8.78 Å². The van der Waals surface area contributed by atoms with E-state index in [0.29, 0.717) is 11.1 Å². The molecule has 0 heterocycles. The molecule has 6 rings (SSSR count). The lowest BCUT2D eigenvalue weighted by molar-refractivity contribution is 0.631. The van der Waals surface area contributed by atoms with E-state index in [-0.39, 0.29) is 11.6 Å². The van der Waals surface area contributed by atoms with Crippen molar-refractivity contribution in [3.05, 3.63) is 132 Å². The first-order valence-corrected chi connectivity index (χ1v) is 12.1. The lowest BCUT2D eigenvalue weighted by Crippen LogP contribution is -1.98. The van der Waals surface area contributed by atoms with Gasteiger partial charge in [0.25, 0.3) is 0 Å². The van der Waals surface area contributed by atoms with Crippen molar-refractivity contribution in [1.82, 2.24) is 0 Å². The SMILES string of the molecule is Cc1c(-c2ccccc2F)cc2ccccc2c1-c1c(C)c(-c2ccccc2F)cc2ccccc12. The highest BCUT2D eigenvalue weighted by molar-refractivity contribution is 6.11. The molecule has 0 atom stereocenters. The highest BCUT2D eigenvalue weighted by Gasteiger charge is 2.21. The Morgan fingerprint density at radius 2 is 0.778 bits per heavy atom. The number of rotatable bonds is 3. The van der Waals surface area contributed by atoms with Crippen LogP contribution in [0.2, 0.25) is 0 Å². The summed E-state index contributed by atoms with van der Waals surface area (Å²) in [5.74, 6) is -0.493. The third-order valence-electron chi connectivity index (χ3n) is 7.20. The van der Waals surface area contributed by atoms with Gasteiger partial charge in [-0.1, -0.05) is 84.9 Å². The van der Waals surface area contributed by atoms with Crippen molar-refractivity contribution in [3.63, 3.8) is 0 Å². The van der Waals surface area contributed by atoms with E-state index in [2.05, 4.69) is 50.2 Å². The fraction of sp³-hybridized carbons (Fsp3) is 0.0588. The van der Waals surface area contributed by atoms with Crippen molar-refractivity contribution in [2.24, 2.45) is 0 Å². The Hall–Kier alpha value is -4.30. The maximum Gasteiger partial charge on any atom is 0.131 e. The number of hydrogen-bond acceptors (Lipinski definition) is 0. The second kappa shape index (κ2) is 8.73. The summed E-state index contributed by atoms with van der Waals surface area (Å²) in [6.07, 6.45) is 0. The number of benzene rings is 6. The van der Waals surface area contributed by atoms with Gasteiger partial charge in [-0.3, -0.25) is 0 Å². The molecule has 0 nitrogen and oxygen atoms in total. The molecule has 0 aliphatic carbocycles. The molecule has 0 fully saturated rings. The van der Waals surface area contributed by atoms with E-state index in [9.17, 15) is 0 Å². The van der Waals surface area contributed by atoms with E-state index in [0.717, 1.165) is 54.9 Å². The van der Waals surface area contributed by atoms with Gasteiger partial charge in [0.15, 0.2) is 0 Å². The minimum absolute atomic E-state index is 0.247. The molecule has 2 heteroatoms. The number of fused-ring (bicyclic) bond motifs is 2. The van der Waals surface area contributed by atoms with Gasteiger partial charge in [-0.15, -0.1) is 0 Å². The molecule has 0 aliphatic rings. The van der Waals surface area contributed by atoms with Crippen LogP contribution in [0.4, 0.5) is 8.78 Å². The van der Waals surface area contributed by atoms with Crippen LogP contribution in [-0.4, -0.2) is 0 Å². The van der Waals surface area contributed by atoms with E-state index in [4.69, 9.17) is 0 Å². The molecule has 6 aromatic carbocycles.